The zero-order valence-electron chi connectivity index (χ0n) is 20.5. The quantitative estimate of drug-likeness (QED) is 0.175. The van der Waals surface area contributed by atoms with Gasteiger partial charge in [-0.15, -0.1) is 11.8 Å². The molecule has 7 nitrogen and oxygen atoms in total. The lowest BCUT2D eigenvalue weighted by atomic mass is 10.1. The molecular weight excluding hydrogens is 498 g/mol. The van der Waals surface area contributed by atoms with Crippen LogP contribution in [0.3, 0.4) is 0 Å². The van der Waals surface area contributed by atoms with E-state index in [1.807, 2.05) is 78.9 Å². The molecule has 192 valence electrons. The smallest absolute Gasteiger partial charge is 0.319 e. The second kappa shape index (κ2) is 13.1. The lowest BCUT2D eigenvalue weighted by Crippen LogP contribution is -2.28. The Balaban J connectivity index is 1.43. The van der Waals surface area contributed by atoms with Crippen molar-refractivity contribution in [2.45, 2.75) is 23.1 Å². The first kappa shape index (κ1) is 26.5. The number of para-hydroxylation sites is 1. The van der Waals surface area contributed by atoms with E-state index in [1.165, 1.54) is 11.8 Å². The molecule has 0 heterocycles. The molecule has 3 amide bonds. The number of hydrogen-bond donors (Lipinski definition) is 4. The van der Waals surface area contributed by atoms with Crippen LogP contribution >= 0.6 is 11.8 Å². The predicted octanol–water partition coefficient (Wildman–Crippen LogP) is 6.57. The van der Waals surface area contributed by atoms with Crippen molar-refractivity contribution in [1.82, 2.24) is 5.32 Å². The van der Waals surface area contributed by atoms with Crippen LogP contribution in [0.1, 0.15) is 33.2 Å². The molecule has 0 radical (unpaired) electrons. The number of urea groups is 1. The molecule has 0 bridgehead atoms. The number of anilines is 2. The van der Waals surface area contributed by atoms with E-state index in [0.29, 0.717) is 23.5 Å². The van der Waals surface area contributed by atoms with E-state index >= 15 is 0 Å². The number of thioether (sulfide) groups is 1. The Hall–Kier alpha value is -4.56. The van der Waals surface area contributed by atoms with Crippen LogP contribution in [0.2, 0.25) is 0 Å². The molecule has 38 heavy (non-hydrogen) atoms. The van der Waals surface area contributed by atoms with E-state index in [-0.39, 0.29) is 23.6 Å². The number of hydrogen-bond acceptors (Lipinski definition) is 4. The average molecular weight is 526 g/mol. The van der Waals surface area contributed by atoms with E-state index in [1.54, 1.807) is 30.3 Å². The first-order valence-corrected chi connectivity index (χ1v) is 12.9. The fraction of sp³-hybridized carbons (Fsp3) is 0.100. The minimum atomic E-state index is -0.898. The van der Waals surface area contributed by atoms with Gasteiger partial charge in [-0.05, 0) is 41.5 Å². The molecule has 4 aromatic carbocycles. The molecule has 0 saturated carbocycles. The first-order valence-electron chi connectivity index (χ1n) is 12.0. The molecule has 0 fully saturated rings. The summed E-state index contributed by atoms with van der Waals surface area (Å²) in [7, 11) is 0. The highest BCUT2D eigenvalue weighted by atomic mass is 32.2. The van der Waals surface area contributed by atoms with Crippen molar-refractivity contribution in [3.63, 3.8) is 0 Å². The second-order valence-corrected chi connectivity index (χ2v) is 9.68. The maximum Gasteiger partial charge on any atom is 0.319 e. The third-order valence-electron chi connectivity index (χ3n) is 5.61. The third-order valence-corrected chi connectivity index (χ3v) is 6.95. The molecule has 4 rings (SSSR count). The van der Waals surface area contributed by atoms with Crippen molar-refractivity contribution in [1.29, 1.82) is 0 Å². The second-order valence-electron chi connectivity index (χ2n) is 8.44. The van der Waals surface area contributed by atoms with Crippen LogP contribution in [-0.2, 0) is 11.3 Å². The Bertz CT molecular complexity index is 1400. The molecule has 4 N–H and O–H groups in total. The van der Waals surface area contributed by atoms with Crippen molar-refractivity contribution in [2.75, 3.05) is 10.6 Å². The fourth-order valence-corrected chi connectivity index (χ4v) is 4.99. The number of carbonyl (C=O) groups is 3. The molecule has 0 spiro atoms. The lowest BCUT2D eigenvalue weighted by Gasteiger charge is -2.18. The van der Waals surface area contributed by atoms with Gasteiger partial charge in [-0.1, -0.05) is 78.9 Å². The summed E-state index contributed by atoms with van der Waals surface area (Å²) in [5, 5.41) is 17.6. The number of carbonyl (C=O) groups excluding carboxylic acids is 2. The van der Waals surface area contributed by atoms with Crippen molar-refractivity contribution >= 4 is 41.0 Å². The minimum absolute atomic E-state index is 0.0585. The Labute approximate surface area is 225 Å². The van der Waals surface area contributed by atoms with Gasteiger partial charge in [0.2, 0.25) is 0 Å². The maximum absolute atomic E-state index is 13.1. The van der Waals surface area contributed by atoms with Crippen LogP contribution in [-0.4, -0.2) is 23.0 Å². The normalized spacial score (nSPS) is 11.3. The first-order chi connectivity index (χ1) is 18.5. The van der Waals surface area contributed by atoms with Gasteiger partial charge in [0.05, 0.1) is 12.1 Å². The van der Waals surface area contributed by atoms with Crippen LogP contribution in [0, 0.1) is 0 Å². The molecule has 4 aromatic rings. The van der Waals surface area contributed by atoms with Gasteiger partial charge in [-0.2, -0.15) is 0 Å². The third kappa shape index (κ3) is 7.72. The van der Waals surface area contributed by atoms with E-state index in [9.17, 15) is 19.5 Å². The van der Waals surface area contributed by atoms with Crippen molar-refractivity contribution < 1.29 is 19.5 Å². The van der Waals surface area contributed by atoms with Gasteiger partial charge in [0.25, 0.3) is 5.91 Å². The highest BCUT2D eigenvalue weighted by Crippen LogP contribution is 2.41. The van der Waals surface area contributed by atoms with E-state index < -0.39 is 5.97 Å². The van der Waals surface area contributed by atoms with Crippen LogP contribution in [0.25, 0.3) is 0 Å². The number of amides is 3. The van der Waals surface area contributed by atoms with Crippen molar-refractivity contribution in [2.24, 2.45) is 0 Å². The summed E-state index contributed by atoms with van der Waals surface area (Å²) < 4.78 is 0. The van der Waals surface area contributed by atoms with Crippen LogP contribution in [0.4, 0.5) is 16.2 Å². The summed E-state index contributed by atoms with van der Waals surface area (Å²) in [5.41, 5.74) is 3.30. The Morgan fingerprint density at radius 1 is 0.763 bits per heavy atom. The Morgan fingerprint density at radius 3 is 2.18 bits per heavy atom. The van der Waals surface area contributed by atoms with Gasteiger partial charge < -0.3 is 21.1 Å². The van der Waals surface area contributed by atoms with E-state index in [4.69, 9.17) is 0 Å². The zero-order valence-corrected chi connectivity index (χ0v) is 21.3. The number of nitrogens with one attached hydrogen (secondary N) is 3. The topological polar surface area (TPSA) is 108 Å². The number of carboxylic acids is 1. The largest absolute Gasteiger partial charge is 0.481 e. The van der Waals surface area contributed by atoms with Crippen molar-refractivity contribution in [3.8, 4) is 0 Å². The van der Waals surface area contributed by atoms with Crippen LogP contribution in [0.15, 0.2) is 114 Å². The summed E-state index contributed by atoms with van der Waals surface area (Å²) >= 11 is 1.39. The number of carboxylic acid groups (broad SMARTS) is 1. The maximum atomic E-state index is 13.1. The molecule has 0 aliphatic carbocycles. The van der Waals surface area contributed by atoms with Gasteiger partial charge >= 0.3 is 12.0 Å². The molecule has 8 heteroatoms. The molecule has 0 aliphatic rings. The Kier molecular flexibility index (Phi) is 9.15. The molecule has 0 saturated heterocycles. The van der Waals surface area contributed by atoms with Gasteiger partial charge in [0.15, 0.2) is 0 Å². The average Bonchev–Trinajstić information content (AvgIpc) is 2.93. The summed E-state index contributed by atoms with van der Waals surface area (Å²) in [4.78, 5) is 37.7. The molecule has 1 atom stereocenters. The van der Waals surface area contributed by atoms with Crippen LogP contribution < -0.4 is 16.0 Å². The highest BCUT2D eigenvalue weighted by Gasteiger charge is 2.19. The SMILES string of the molecule is O=C(O)CC(Sc1ccccc1NC(=O)c1cccc(NC(=O)NCc2ccccc2)c1)c1ccccc1. The number of aliphatic carboxylic acids is 1. The molecule has 1 unspecified atom stereocenters. The van der Waals surface area contributed by atoms with Gasteiger partial charge in [-0.3, -0.25) is 9.59 Å². The van der Waals surface area contributed by atoms with Crippen LogP contribution in [0.5, 0.6) is 0 Å². The summed E-state index contributed by atoms with van der Waals surface area (Å²) in [6.07, 6.45) is -0.0585. The monoisotopic (exact) mass is 525 g/mol. The van der Waals surface area contributed by atoms with Crippen molar-refractivity contribution in [3.05, 3.63) is 126 Å². The Morgan fingerprint density at radius 2 is 1.45 bits per heavy atom. The molecule has 0 aromatic heterocycles. The van der Waals surface area contributed by atoms with Gasteiger partial charge in [-0.25, -0.2) is 4.79 Å². The summed E-state index contributed by atoms with van der Waals surface area (Å²) in [6.45, 7) is 0.382. The molecule has 0 aliphatic heterocycles. The number of benzene rings is 4. The lowest BCUT2D eigenvalue weighted by molar-refractivity contribution is -0.137. The van der Waals surface area contributed by atoms with E-state index in [2.05, 4.69) is 16.0 Å². The van der Waals surface area contributed by atoms with Gasteiger partial charge in [0.1, 0.15) is 0 Å². The minimum Gasteiger partial charge on any atom is -0.481 e. The summed E-state index contributed by atoms with van der Waals surface area (Å²) in [6, 6.07) is 32.6. The summed E-state index contributed by atoms with van der Waals surface area (Å²) in [5.74, 6) is -1.24. The van der Waals surface area contributed by atoms with Gasteiger partial charge in [0, 0.05) is 27.9 Å². The standard InChI is InChI=1S/C30H27N3O4S/c34-28(35)19-27(22-12-5-2-6-13-22)38-26-17-8-7-16-25(26)33-29(36)23-14-9-15-24(18-23)32-30(37)31-20-21-10-3-1-4-11-21/h1-18,27H,19-20H2,(H,33,36)(H,34,35)(H2,31,32,37). The van der Waals surface area contributed by atoms with E-state index in [0.717, 1.165) is 16.0 Å². The predicted molar refractivity (Wildman–Crippen MR) is 150 cm³/mol. The number of rotatable bonds is 10. The molecular formula is C30H27N3O4S. The zero-order chi connectivity index (χ0) is 26.7. The highest BCUT2D eigenvalue weighted by molar-refractivity contribution is 7.99. The fourth-order valence-electron chi connectivity index (χ4n) is 3.77.